The molecule has 0 saturated carbocycles. The topological polar surface area (TPSA) is 62.7 Å². The summed E-state index contributed by atoms with van der Waals surface area (Å²) in [6.07, 6.45) is 3.09. The van der Waals surface area contributed by atoms with Crippen LogP contribution in [0.5, 0.6) is 0 Å². The Hall–Kier alpha value is -2.64. The lowest BCUT2D eigenvalue weighted by atomic mass is 10.1. The standard InChI is InChI=1S/C15H8ClN3O/c16-12-4-5-13(18-8-12)14-9-20-15(19-14)11-3-1-2-10(6-11)7-17/h1-6,8-9H. The first kappa shape index (κ1) is 12.4. The lowest BCUT2D eigenvalue weighted by molar-refractivity contribution is 0.575. The van der Waals surface area contributed by atoms with Crippen molar-refractivity contribution >= 4 is 11.6 Å². The monoisotopic (exact) mass is 281 g/mol. The molecule has 0 atom stereocenters. The van der Waals surface area contributed by atoms with Crippen molar-refractivity contribution < 1.29 is 4.42 Å². The van der Waals surface area contributed by atoms with Crippen molar-refractivity contribution in [3.8, 4) is 28.9 Å². The Morgan fingerprint density at radius 3 is 2.80 bits per heavy atom. The molecule has 0 N–H and O–H groups in total. The van der Waals surface area contributed by atoms with E-state index in [1.54, 1.807) is 36.5 Å². The lowest BCUT2D eigenvalue weighted by Gasteiger charge is -1.95. The number of rotatable bonds is 2. The van der Waals surface area contributed by atoms with Gasteiger partial charge in [0.05, 0.1) is 22.3 Å². The summed E-state index contributed by atoms with van der Waals surface area (Å²) in [5, 5.41) is 9.46. The number of halogens is 1. The average molecular weight is 282 g/mol. The van der Waals surface area contributed by atoms with Crippen molar-refractivity contribution in [2.75, 3.05) is 0 Å². The van der Waals surface area contributed by atoms with Crippen LogP contribution >= 0.6 is 11.6 Å². The summed E-state index contributed by atoms with van der Waals surface area (Å²) in [5.41, 5.74) is 2.62. The van der Waals surface area contributed by atoms with Gasteiger partial charge in [-0.25, -0.2) is 4.98 Å². The van der Waals surface area contributed by atoms with Gasteiger partial charge in [-0.1, -0.05) is 17.7 Å². The first-order valence-electron chi connectivity index (χ1n) is 5.84. The molecule has 0 aliphatic carbocycles. The van der Waals surface area contributed by atoms with E-state index in [2.05, 4.69) is 16.0 Å². The van der Waals surface area contributed by atoms with Crippen LogP contribution < -0.4 is 0 Å². The molecule has 2 heterocycles. The molecule has 3 aromatic rings. The van der Waals surface area contributed by atoms with E-state index in [9.17, 15) is 0 Å². The van der Waals surface area contributed by atoms with Crippen molar-refractivity contribution in [2.24, 2.45) is 0 Å². The van der Waals surface area contributed by atoms with Crippen LogP contribution in [-0.4, -0.2) is 9.97 Å². The van der Waals surface area contributed by atoms with E-state index in [1.807, 2.05) is 6.07 Å². The average Bonchev–Trinajstić information content (AvgIpc) is 2.98. The molecule has 0 amide bonds. The van der Waals surface area contributed by atoms with Gasteiger partial charge in [0.25, 0.3) is 0 Å². The quantitative estimate of drug-likeness (QED) is 0.714. The van der Waals surface area contributed by atoms with E-state index >= 15 is 0 Å². The smallest absolute Gasteiger partial charge is 0.226 e. The SMILES string of the molecule is N#Cc1cccc(-c2nc(-c3ccc(Cl)cn3)co2)c1. The Bertz CT molecular complexity index is 787. The van der Waals surface area contributed by atoms with E-state index in [1.165, 1.54) is 6.26 Å². The fourth-order valence-corrected chi connectivity index (χ4v) is 1.88. The van der Waals surface area contributed by atoms with Crippen molar-refractivity contribution in [1.29, 1.82) is 5.26 Å². The Kier molecular flexibility index (Phi) is 3.20. The van der Waals surface area contributed by atoms with Crippen molar-refractivity contribution in [1.82, 2.24) is 9.97 Å². The number of oxazole rings is 1. The molecule has 0 aliphatic heterocycles. The van der Waals surface area contributed by atoms with Crippen LogP contribution in [0, 0.1) is 11.3 Å². The van der Waals surface area contributed by atoms with E-state index in [0.29, 0.717) is 27.9 Å². The zero-order valence-electron chi connectivity index (χ0n) is 10.2. The molecule has 0 fully saturated rings. The van der Waals surface area contributed by atoms with Gasteiger partial charge < -0.3 is 4.42 Å². The molecule has 2 aromatic heterocycles. The molecule has 4 nitrogen and oxygen atoms in total. The predicted octanol–water partition coefficient (Wildman–Crippen LogP) is 3.93. The normalized spacial score (nSPS) is 10.2. The maximum Gasteiger partial charge on any atom is 0.226 e. The third kappa shape index (κ3) is 2.40. The molecule has 0 spiro atoms. The highest BCUT2D eigenvalue weighted by Gasteiger charge is 2.09. The lowest BCUT2D eigenvalue weighted by Crippen LogP contribution is -1.84. The van der Waals surface area contributed by atoms with Crippen molar-refractivity contribution in [2.45, 2.75) is 0 Å². The van der Waals surface area contributed by atoms with Gasteiger partial charge in [0, 0.05) is 11.8 Å². The second-order valence-electron chi connectivity index (χ2n) is 4.09. The number of hydrogen-bond acceptors (Lipinski definition) is 4. The largest absolute Gasteiger partial charge is 0.444 e. The molecule has 0 saturated heterocycles. The summed E-state index contributed by atoms with van der Waals surface area (Å²) >= 11 is 5.80. The second kappa shape index (κ2) is 5.16. The van der Waals surface area contributed by atoms with Gasteiger partial charge in [0.1, 0.15) is 12.0 Å². The van der Waals surface area contributed by atoms with Gasteiger partial charge in [0.2, 0.25) is 5.89 Å². The van der Waals surface area contributed by atoms with Gasteiger partial charge >= 0.3 is 0 Å². The molecule has 5 heteroatoms. The van der Waals surface area contributed by atoms with Crippen LogP contribution in [0.25, 0.3) is 22.8 Å². The Morgan fingerprint density at radius 2 is 2.05 bits per heavy atom. The van der Waals surface area contributed by atoms with Crippen LogP contribution in [0.2, 0.25) is 5.02 Å². The minimum absolute atomic E-state index is 0.453. The third-order valence-corrected chi connectivity index (χ3v) is 2.96. The Balaban J connectivity index is 1.97. The minimum Gasteiger partial charge on any atom is -0.444 e. The van der Waals surface area contributed by atoms with Crippen molar-refractivity contribution in [3.05, 3.63) is 59.4 Å². The second-order valence-corrected chi connectivity index (χ2v) is 4.53. The van der Waals surface area contributed by atoms with Crippen LogP contribution in [0.3, 0.4) is 0 Å². The van der Waals surface area contributed by atoms with Gasteiger partial charge in [0.15, 0.2) is 0 Å². The molecular weight excluding hydrogens is 274 g/mol. The van der Waals surface area contributed by atoms with Crippen LogP contribution in [-0.2, 0) is 0 Å². The molecule has 0 bridgehead atoms. The van der Waals surface area contributed by atoms with Crippen LogP contribution in [0.4, 0.5) is 0 Å². The number of nitrogens with zero attached hydrogens (tertiary/aromatic N) is 3. The molecule has 96 valence electrons. The first-order chi connectivity index (χ1) is 9.76. The number of hydrogen-bond donors (Lipinski definition) is 0. The first-order valence-corrected chi connectivity index (χ1v) is 6.22. The summed E-state index contributed by atoms with van der Waals surface area (Å²) in [6, 6.07) is 12.7. The highest BCUT2D eigenvalue weighted by Crippen LogP contribution is 2.24. The minimum atomic E-state index is 0.453. The van der Waals surface area contributed by atoms with Gasteiger partial charge in [-0.05, 0) is 30.3 Å². The number of nitriles is 1. The third-order valence-electron chi connectivity index (χ3n) is 2.73. The highest BCUT2D eigenvalue weighted by atomic mass is 35.5. The van der Waals surface area contributed by atoms with E-state index < -0.39 is 0 Å². The zero-order chi connectivity index (χ0) is 13.9. The summed E-state index contributed by atoms with van der Waals surface area (Å²) < 4.78 is 5.44. The number of benzene rings is 1. The Morgan fingerprint density at radius 1 is 1.15 bits per heavy atom. The van der Waals surface area contributed by atoms with Gasteiger partial charge in [-0.2, -0.15) is 5.26 Å². The highest BCUT2D eigenvalue weighted by molar-refractivity contribution is 6.30. The zero-order valence-corrected chi connectivity index (χ0v) is 11.0. The summed E-state index contributed by atoms with van der Waals surface area (Å²) in [7, 11) is 0. The van der Waals surface area contributed by atoms with Crippen LogP contribution in [0.1, 0.15) is 5.56 Å². The molecular formula is C15H8ClN3O. The maximum atomic E-state index is 8.89. The summed E-state index contributed by atoms with van der Waals surface area (Å²) in [4.78, 5) is 8.56. The molecule has 1 aromatic carbocycles. The predicted molar refractivity (Wildman–Crippen MR) is 74.9 cm³/mol. The maximum absolute atomic E-state index is 8.89. The molecule has 20 heavy (non-hydrogen) atoms. The molecule has 3 rings (SSSR count). The van der Waals surface area contributed by atoms with Gasteiger partial charge in [-0.3, -0.25) is 4.98 Å². The van der Waals surface area contributed by atoms with Crippen LogP contribution in [0.15, 0.2) is 53.3 Å². The molecule has 0 aliphatic rings. The molecule has 0 unspecified atom stereocenters. The summed E-state index contributed by atoms with van der Waals surface area (Å²) in [6.45, 7) is 0. The molecule has 0 radical (unpaired) electrons. The fraction of sp³-hybridized carbons (Fsp3) is 0. The Labute approximate surface area is 120 Å². The van der Waals surface area contributed by atoms with E-state index in [-0.39, 0.29) is 0 Å². The van der Waals surface area contributed by atoms with Gasteiger partial charge in [-0.15, -0.1) is 0 Å². The fourth-order valence-electron chi connectivity index (χ4n) is 1.77. The summed E-state index contributed by atoms with van der Waals surface area (Å²) in [5.74, 6) is 0.453. The number of pyridine rings is 1. The number of aromatic nitrogens is 2. The van der Waals surface area contributed by atoms with Crippen molar-refractivity contribution in [3.63, 3.8) is 0 Å². The van der Waals surface area contributed by atoms with E-state index in [4.69, 9.17) is 21.3 Å². The van der Waals surface area contributed by atoms with E-state index in [0.717, 1.165) is 5.56 Å².